The number of halogens is 2. The molecule has 0 fully saturated rings. The van der Waals surface area contributed by atoms with E-state index in [9.17, 15) is 4.39 Å². The summed E-state index contributed by atoms with van der Waals surface area (Å²) in [7, 11) is 0. The molecule has 5 heteroatoms. The summed E-state index contributed by atoms with van der Waals surface area (Å²) >= 11 is 3.37. The first kappa shape index (κ1) is 14.5. The molecule has 0 saturated carbocycles. The highest BCUT2D eigenvalue weighted by molar-refractivity contribution is 9.08. The fourth-order valence-electron chi connectivity index (χ4n) is 1.73. The summed E-state index contributed by atoms with van der Waals surface area (Å²) in [4.78, 5) is 4.37. The zero-order valence-electron chi connectivity index (χ0n) is 10.9. The standard InChI is InChI=1S/C15H12BrFN2O/c1-10-2-5-15(14(7-16)19-10)20-9-11-3-4-13(17)12(6-11)8-18/h2-6H,7,9H2,1H3. The number of alkyl halides is 1. The van der Waals surface area contributed by atoms with Gasteiger partial charge in [0.15, 0.2) is 0 Å². The maximum atomic E-state index is 13.2. The number of hydrogen-bond donors (Lipinski definition) is 0. The summed E-state index contributed by atoms with van der Waals surface area (Å²) in [6, 6.07) is 9.90. The van der Waals surface area contributed by atoms with Crippen LogP contribution in [0.25, 0.3) is 0 Å². The van der Waals surface area contributed by atoms with Crippen LogP contribution in [0.4, 0.5) is 4.39 Å². The van der Waals surface area contributed by atoms with Gasteiger partial charge in [0, 0.05) is 11.0 Å². The minimum Gasteiger partial charge on any atom is -0.487 e. The van der Waals surface area contributed by atoms with E-state index in [0.717, 1.165) is 17.0 Å². The van der Waals surface area contributed by atoms with E-state index in [1.54, 1.807) is 6.07 Å². The monoisotopic (exact) mass is 334 g/mol. The zero-order chi connectivity index (χ0) is 14.5. The summed E-state index contributed by atoms with van der Waals surface area (Å²) < 4.78 is 18.9. The molecule has 3 nitrogen and oxygen atoms in total. The second-order valence-corrected chi connectivity index (χ2v) is 4.81. The highest BCUT2D eigenvalue weighted by Gasteiger charge is 2.07. The molecule has 20 heavy (non-hydrogen) atoms. The van der Waals surface area contributed by atoms with Crippen LogP contribution in [-0.2, 0) is 11.9 Å². The SMILES string of the molecule is Cc1ccc(OCc2ccc(F)c(C#N)c2)c(CBr)n1. The van der Waals surface area contributed by atoms with Gasteiger partial charge in [-0.25, -0.2) is 4.39 Å². The average Bonchev–Trinajstić information content (AvgIpc) is 2.47. The van der Waals surface area contributed by atoms with Crippen LogP contribution in [0.2, 0.25) is 0 Å². The van der Waals surface area contributed by atoms with Crippen molar-refractivity contribution in [2.24, 2.45) is 0 Å². The van der Waals surface area contributed by atoms with Gasteiger partial charge in [-0.3, -0.25) is 4.98 Å². The van der Waals surface area contributed by atoms with E-state index < -0.39 is 5.82 Å². The van der Waals surface area contributed by atoms with Crippen LogP contribution in [0.15, 0.2) is 30.3 Å². The van der Waals surface area contributed by atoms with Gasteiger partial charge in [-0.15, -0.1) is 0 Å². The summed E-state index contributed by atoms with van der Waals surface area (Å²) in [5, 5.41) is 9.39. The Kier molecular flexibility index (Phi) is 4.70. The fraction of sp³-hybridized carbons (Fsp3) is 0.200. The number of benzene rings is 1. The summed E-state index contributed by atoms with van der Waals surface area (Å²) in [5.41, 5.74) is 2.49. The molecule has 1 heterocycles. The van der Waals surface area contributed by atoms with Gasteiger partial charge in [0.2, 0.25) is 0 Å². The van der Waals surface area contributed by atoms with Crippen LogP contribution in [-0.4, -0.2) is 4.98 Å². The molecule has 0 atom stereocenters. The highest BCUT2D eigenvalue weighted by Crippen LogP contribution is 2.21. The molecule has 0 bridgehead atoms. The van der Waals surface area contributed by atoms with Gasteiger partial charge in [0.1, 0.15) is 24.2 Å². The summed E-state index contributed by atoms with van der Waals surface area (Å²) in [6.45, 7) is 2.18. The van der Waals surface area contributed by atoms with Crippen molar-refractivity contribution >= 4 is 15.9 Å². The van der Waals surface area contributed by atoms with Gasteiger partial charge in [-0.2, -0.15) is 5.26 Å². The van der Waals surface area contributed by atoms with Crippen molar-refractivity contribution in [1.29, 1.82) is 5.26 Å². The van der Waals surface area contributed by atoms with E-state index in [0.29, 0.717) is 11.1 Å². The summed E-state index contributed by atoms with van der Waals surface area (Å²) in [6.07, 6.45) is 0. The molecule has 2 aromatic rings. The van der Waals surface area contributed by atoms with Gasteiger partial charge in [0.25, 0.3) is 0 Å². The Hall–Kier alpha value is -1.93. The molecule has 2 rings (SSSR count). The molecule has 0 unspecified atom stereocenters. The predicted octanol–water partition coefficient (Wildman–Crippen LogP) is 3.87. The van der Waals surface area contributed by atoms with Crippen LogP contribution in [0.3, 0.4) is 0 Å². The normalized spacial score (nSPS) is 10.1. The Morgan fingerprint density at radius 3 is 2.85 bits per heavy atom. The quantitative estimate of drug-likeness (QED) is 0.797. The third-order valence-corrected chi connectivity index (χ3v) is 3.27. The van der Waals surface area contributed by atoms with Gasteiger partial charge >= 0.3 is 0 Å². The molecular weight excluding hydrogens is 323 g/mol. The van der Waals surface area contributed by atoms with E-state index in [1.165, 1.54) is 12.1 Å². The minimum absolute atomic E-state index is 0.0221. The number of rotatable bonds is 4. The molecule has 0 aliphatic heterocycles. The third kappa shape index (κ3) is 3.34. The first-order chi connectivity index (χ1) is 9.63. The Bertz CT molecular complexity index is 667. The molecule has 102 valence electrons. The second-order valence-electron chi connectivity index (χ2n) is 4.25. The maximum Gasteiger partial charge on any atom is 0.142 e. The number of aromatic nitrogens is 1. The van der Waals surface area contributed by atoms with E-state index in [-0.39, 0.29) is 12.2 Å². The van der Waals surface area contributed by atoms with Crippen molar-refractivity contribution in [3.05, 3.63) is 58.7 Å². The number of nitriles is 1. The molecule has 0 N–H and O–H groups in total. The number of ether oxygens (including phenoxy) is 1. The van der Waals surface area contributed by atoms with Crippen molar-refractivity contribution < 1.29 is 9.13 Å². The van der Waals surface area contributed by atoms with Gasteiger partial charge in [-0.05, 0) is 36.8 Å². The van der Waals surface area contributed by atoms with Crippen molar-refractivity contribution in [2.45, 2.75) is 18.9 Å². The molecule has 0 aliphatic rings. The van der Waals surface area contributed by atoms with E-state index in [2.05, 4.69) is 20.9 Å². The molecule has 0 radical (unpaired) electrons. The lowest BCUT2D eigenvalue weighted by Gasteiger charge is -2.10. The maximum absolute atomic E-state index is 13.2. The number of pyridine rings is 1. The van der Waals surface area contributed by atoms with E-state index in [4.69, 9.17) is 10.00 Å². The van der Waals surface area contributed by atoms with Crippen molar-refractivity contribution in [3.63, 3.8) is 0 Å². The molecular formula is C15H12BrFN2O. The Morgan fingerprint density at radius 1 is 1.35 bits per heavy atom. The number of nitrogens with zero attached hydrogens (tertiary/aromatic N) is 2. The summed E-state index contributed by atoms with van der Waals surface area (Å²) in [5.74, 6) is 0.157. The number of aryl methyl sites for hydroxylation is 1. The molecule has 1 aromatic carbocycles. The lowest BCUT2D eigenvalue weighted by Crippen LogP contribution is -2.01. The largest absolute Gasteiger partial charge is 0.487 e. The minimum atomic E-state index is -0.519. The molecule has 0 amide bonds. The number of hydrogen-bond acceptors (Lipinski definition) is 3. The molecule has 1 aromatic heterocycles. The first-order valence-corrected chi connectivity index (χ1v) is 7.10. The molecule has 0 saturated heterocycles. The Balaban J connectivity index is 2.15. The first-order valence-electron chi connectivity index (χ1n) is 5.98. The lowest BCUT2D eigenvalue weighted by atomic mass is 10.1. The van der Waals surface area contributed by atoms with Gasteiger partial charge < -0.3 is 4.74 Å². The van der Waals surface area contributed by atoms with Crippen molar-refractivity contribution in [1.82, 2.24) is 4.98 Å². The van der Waals surface area contributed by atoms with E-state index in [1.807, 2.05) is 25.1 Å². The van der Waals surface area contributed by atoms with Crippen LogP contribution >= 0.6 is 15.9 Å². The molecule has 0 aliphatic carbocycles. The van der Waals surface area contributed by atoms with Crippen LogP contribution in [0.1, 0.15) is 22.5 Å². The Morgan fingerprint density at radius 2 is 2.15 bits per heavy atom. The fourth-order valence-corrected chi connectivity index (χ4v) is 2.14. The molecule has 0 spiro atoms. The second kappa shape index (κ2) is 6.49. The Labute approximate surface area is 125 Å². The van der Waals surface area contributed by atoms with E-state index >= 15 is 0 Å². The average molecular weight is 335 g/mol. The van der Waals surface area contributed by atoms with Gasteiger partial charge in [-0.1, -0.05) is 22.0 Å². The lowest BCUT2D eigenvalue weighted by molar-refractivity contribution is 0.302. The highest BCUT2D eigenvalue weighted by atomic mass is 79.9. The van der Waals surface area contributed by atoms with Crippen LogP contribution < -0.4 is 4.74 Å². The van der Waals surface area contributed by atoms with Gasteiger partial charge in [0.05, 0.1) is 11.3 Å². The topological polar surface area (TPSA) is 45.9 Å². The van der Waals surface area contributed by atoms with Crippen LogP contribution in [0, 0.1) is 24.1 Å². The third-order valence-electron chi connectivity index (χ3n) is 2.74. The smallest absolute Gasteiger partial charge is 0.142 e. The zero-order valence-corrected chi connectivity index (χ0v) is 12.4. The van der Waals surface area contributed by atoms with Crippen LogP contribution in [0.5, 0.6) is 5.75 Å². The van der Waals surface area contributed by atoms with Crippen molar-refractivity contribution in [3.8, 4) is 11.8 Å². The van der Waals surface area contributed by atoms with Crippen molar-refractivity contribution in [2.75, 3.05) is 0 Å². The predicted molar refractivity (Wildman–Crippen MR) is 77.1 cm³/mol.